The second-order valence-electron chi connectivity index (χ2n) is 4.26. The lowest BCUT2D eigenvalue weighted by Gasteiger charge is -2.34. The van der Waals surface area contributed by atoms with Gasteiger partial charge in [-0.1, -0.05) is 13.8 Å². The Hall–Kier alpha value is -0.570. The van der Waals surface area contributed by atoms with Crippen molar-refractivity contribution < 1.29 is 9.90 Å². The zero-order valence-electron chi connectivity index (χ0n) is 8.22. The number of carboxylic acids is 1. The Labute approximate surface area is 73.7 Å². The molecule has 1 rings (SSSR count). The molecule has 0 aromatic carbocycles. The molecule has 4 N–H and O–H groups in total. The molecule has 3 heteroatoms. The topological polar surface area (TPSA) is 76.6 Å². The number of carboxylic acid groups (broad SMARTS) is 1. The minimum absolute atomic E-state index is 0. The molecule has 0 saturated heterocycles. The molecular weight excluding hydrogens is 154 g/mol. The van der Waals surface area contributed by atoms with Crippen LogP contribution >= 0.6 is 0 Å². The summed E-state index contributed by atoms with van der Waals surface area (Å²) in [7, 11) is 0. The SMILES string of the molecule is CC1(C)CCC(C(=O)[O-])CC1.[NH4+]. The third-order valence-electron chi connectivity index (χ3n) is 2.67. The lowest BCUT2D eigenvalue weighted by Crippen LogP contribution is -2.35. The van der Waals surface area contributed by atoms with Crippen LogP contribution in [0.2, 0.25) is 0 Å². The van der Waals surface area contributed by atoms with Crippen molar-refractivity contribution in [2.75, 3.05) is 0 Å². The highest BCUT2D eigenvalue weighted by atomic mass is 16.4. The van der Waals surface area contributed by atoms with Gasteiger partial charge in [-0.2, -0.15) is 0 Å². The maximum atomic E-state index is 10.5. The summed E-state index contributed by atoms with van der Waals surface area (Å²) in [4.78, 5) is 10.5. The summed E-state index contributed by atoms with van der Waals surface area (Å²) in [5.41, 5.74) is 0.353. The van der Waals surface area contributed by atoms with E-state index in [1.807, 2.05) is 0 Å². The predicted molar refractivity (Wildman–Crippen MR) is 46.7 cm³/mol. The van der Waals surface area contributed by atoms with E-state index in [2.05, 4.69) is 13.8 Å². The van der Waals surface area contributed by atoms with Gasteiger partial charge in [0.05, 0.1) is 0 Å². The van der Waals surface area contributed by atoms with E-state index in [0.29, 0.717) is 5.41 Å². The Bertz CT molecular complexity index is 156. The zero-order valence-corrected chi connectivity index (χ0v) is 8.22. The Kier molecular flexibility index (Phi) is 3.71. The zero-order chi connectivity index (χ0) is 8.48. The molecule has 12 heavy (non-hydrogen) atoms. The maximum Gasteiger partial charge on any atom is 0.0445 e. The van der Waals surface area contributed by atoms with E-state index in [1.165, 1.54) is 0 Å². The van der Waals surface area contributed by atoms with Gasteiger partial charge in [-0.3, -0.25) is 0 Å². The highest BCUT2D eigenvalue weighted by Gasteiger charge is 2.26. The molecule has 0 aliphatic heterocycles. The van der Waals surface area contributed by atoms with Crippen LogP contribution in [0.5, 0.6) is 0 Å². The second-order valence-corrected chi connectivity index (χ2v) is 4.26. The Morgan fingerprint density at radius 1 is 1.33 bits per heavy atom. The van der Waals surface area contributed by atoms with Crippen molar-refractivity contribution >= 4 is 5.97 Å². The van der Waals surface area contributed by atoms with Crippen LogP contribution in [0.15, 0.2) is 0 Å². The van der Waals surface area contributed by atoms with Crippen molar-refractivity contribution in [3.63, 3.8) is 0 Å². The fourth-order valence-electron chi connectivity index (χ4n) is 1.63. The molecule has 1 fully saturated rings. The van der Waals surface area contributed by atoms with Crippen molar-refractivity contribution in [3.05, 3.63) is 0 Å². The quantitative estimate of drug-likeness (QED) is 0.649. The Morgan fingerprint density at radius 2 is 1.75 bits per heavy atom. The predicted octanol–water partition coefficient (Wildman–Crippen LogP) is 1.33. The minimum atomic E-state index is -0.861. The van der Waals surface area contributed by atoms with Crippen molar-refractivity contribution in [3.8, 4) is 0 Å². The van der Waals surface area contributed by atoms with E-state index in [1.54, 1.807) is 0 Å². The summed E-state index contributed by atoms with van der Waals surface area (Å²) in [6, 6.07) is 0. The van der Waals surface area contributed by atoms with Crippen LogP contribution in [0.3, 0.4) is 0 Å². The fraction of sp³-hybridized carbons (Fsp3) is 0.889. The van der Waals surface area contributed by atoms with E-state index < -0.39 is 5.97 Å². The largest absolute Gasteiger partial charge is 0.550 e. The van der Waals surface area contributed by atoms with E-state index in [0.717, 1.165) is 25.7 Å². The minimum Gasteiger partial charge on any atom is -0.550 e. The summed E-state index contributed by atoms with van der Waals surface area (Å²) >= 11 is 0. The van der Waals surface area contributed by atoms with Gasteiger partial charge < -0.3 is 16.1 Å². The van der Waals surface area contributed by atoms with Crippen LogP contribution in [0.25, 0.3) is 0 Å². The van der Waals surface area contributed by atoms with Crippen molar-refractivity contribution in [1.29, 1.82) is 0 Å². The van der Waals surface area contributed by atoms with Gasteiger partial charge in [0.2, 0.25) is 0 Å². The molecule has 0 heterocycles. The van der Waals surface area contributed by atoms with Gasteiger partial charge in [0.25, 0.3) is 0 Å². The summed E-state index contributed by atoms with van der Waals surface area (Å²) in [6.45, 7) is 4.39. The molecule has 0 aromatic heterocycles. The third kappa shape index (κ3) is 2.81. The van der Waals surface area contributed by atoms with Crippen LogP contribution in [-0.2, 0) is 4.79 Å². The van der Waals surface area contributed by atoms with Crippen molar-refractivity contribution in [2.45, 2.75) is 39.5 Å². The molecule has 1 aliphatic carbocycles. The molecule has 0 amide bonds. The van der Waals surface area contributed by atoms with E-state index in [-0.39, 0.29) is 12.1 Å². The van der Waals surface area contributed by atoms with Crippen LogP contribution in [0, 0.1) is 11.3 Å². The first-order chi connectivity index (χ1) is 5.01. The van der Waals surface area contributed by atoms with Crippen LogP contribution in [0.1, 0.15) is 39.5 Å². The van der Waals surface area contributed by atoms with Gasteiger partial charge in [0.1, 0.15) is 0 Å². The number of quaternary nitrogens is 1. The van der Waals surface area contributed by atoms with Gasteiger partial charge in [0, 0.05) is 5.97 Å². The average molecular weight is 173 g/mol. The summed E-state index contributed by atoms with van der Waals surface area (Å²) in [5.74, 6) is -1.04. The third-order valence-corrected chi connectivity index (χ3v) is 2.67. The number of rotatable bonds is 1. The number of carbonyl (C=O) groups excluding carboxylic acids is 1. The standard InChI is InChI=1S/C9H16O2.H3N/c1-9(2)5-3-7(4-6-9)8(10)11;/h7H,3-6H2,1-2H3,(H,10,11);1H3. The molecule has 0 aromatic rings. The molecule has 0 atom stereocenters. The van der Waals surface area contributed by atoms with E-state index in [9.17, 15) is 9.90 Å². The highest BCUT2D eigenvalue weighted by Crippen LogP contribution is 2.37. The number of hydrogen-bond acceptors (Lipinski definition) is 2. The number of carbonyl (C=O) groups is 1. The first kappa shape index (κ1) is 11.4. The van der Waals surface area contributed by atoms with E-state index >= 15 is 0 Å². The molecular formula is C9H19NO2. The second kappa shape index (κ2) is 3.90. The lowest BCUT2D eigenvalue weighted by atomic mass is 9.73. The Morgan fingerprint density at radius 3 is 2.08 bits per heavy atom. The average Bonchev–Trinajstić information content (AvgIpc) is 1.86. The molecule has 1 aliphatic rings. The van der Waals surface area contributed by atoms with Gasteiger partial charge in [-0.15, -0.1) is 0 Å². The normalized spacial score (nSPS) is 22.8. The van der Waals surface area contributed by atoms with E-state index in [4.69, 9.17) is 0 Å². The smallest absolute Gasteiger partial charge is 0.0445 e. The number of hydrogen-bond donors (Lipinski definition) is 1. The molecule has 72 valence electrons. The molecule has 1 saturated carbocycles. The summed E-state index contributed by atoms with van der Waals surface area (Å²) in [6.07, 6.45) is 3.64. The molecule has 0 spiro atoms. The van der Waals surface area contributed by atoms with Gasteiger partial charge in [-0.05, 0) is 37.0 Å². The Balaban J connectivity index is 0.00000121. The van der Waals surface area contributed by atoms with Crippen molar-refractivity contribution in [1.82, 2.24) is 6.15 Å². The maximum absolute atomic E-state index is 10.5. The first-order valence-corrected chi connectivity index (χ1v) is 4.22. The highest BCUT2D eigenvalue weighted by molar-refractivity contribution is 5.67. The lowest BCUT2D eigenvalue weighted by molar-refractivity contribution is -0.312. The fourth-order valence-corrected chi connectivity index (χ4v) is 1.63. The van der Waals surface area contributed by atoms with Gasteiger partial charge in [0.15, 0.2) is 0 Å². The first-order valence-electron chi connectivity index (χ1n) is 4.22. The summed E-state index contributed by atoms with van der Waals surface area (Å²) in [5, 5.41) is 10.5. The summed E-state index contributed by atoms with van der Waals surface area (Å²) < 4.78 is 0. The monoisotopic (exact) mass is 173 g/mol. The van der Waals surface area contributed by atoms with Crippen molar-refractivity contribution in [2.24, 2.45) is 11.3 Å². The molecule has 0 bridgehead atoms. The van der Waals surface area contributed by atoms with Crippen LogP contribution < -0.4 is 11.3 Å². The van der Waals surface area contributed by atoms with Gasteiger partial charge in [-0.25, -0.2) is 0 Å². The number of aliphatic carboxylic acids is 1. The van der Waals surface area contributed by atoms with Crippen LogP contribution in [-0.4, -0.2) is 5.97 Å². The van der Waals surface area contributed by atoms with Gasteiger partial charge >= 0.3 is 0 Å². The molecule has 0 unspecified atom stereocenters. The van der Waals surface area contributed by atoms with Crippen LogP contribution in [0.4, 0.5) is 0 Å². The molecule has 0 radical (unpaired) electrons. The molecule has 3 nitrogen and oxygen atoms in total.